The van der Waals surface area contributed by atoms with Crippen molar-refractivity contribution < 1.29 is 14.6 Å². The van der Waals surface area contributed by atoms with Gasteiger partial charge in [0.25, 0.3) is 0 Å². The summed E-state index contributed by atoms with van der Waals surface area (Å²) >= 11 is 1.15. The van der Waals surface area contributed by atoms with E-state index in [9.17, 15) is 9.90 Å². The van der Waals surface area contributed by atoms with Crippen LogP contribution < -0.4 is 4.90 Å². The number of nitrogens with zero attached hydrogens (tertiary/aromatic N) is 4. The number of carbonyl (C=O) groups is 1. The topological polar surface area (TPSA) is 89.7 Å². The van der Waals surface area contributed by atoms with Crippen molar-refractivity contribution in [1.82, 2.24) is 9.88 Å². The predicted octanol–water partition coefficient (Wildman–Crippen LogP) is 1.78. The van der Waals surface area contributed by atoms with E-state index in [1.54, 1.807) is 4.90 Å². The maximum absolute atomic E-state index is 12.0. The van der Waals surface area contributed by atoms with Crippen molar-refractivity contribution >= 4 is 22.6 Å². The molecular formula is C13H18N4O3S. The van der Waals surface area contributed by atoms with Gasteiger partial charge in [-0.3, -0.25) is 0 Å². The van der Waals surface area contributed by atoms with Crippen LogP contribution in [0, 0.1) is 11.3 Å². The number of rotatable bonds is 1. The minimum Gasteiger partial charge on any atom is -0.492 e. The molecule has 1 aromatic heterocycles. The number of ether oxygens (including phenoxy) is 1. The van der Waals surface area contributed by atoms with Gasteiger partial charge in [0.05, 0.1) is 0 Å². The molecule has 1 N–H and O–H groups in total. The number of aromatic nitrogens is 1. The Hall–Kier alpha value is -2.01. The number of aromatic hydroxyl groups is 1. The summed E-state index contributed by atoms with van der Waals surface area (Å²) in [4.78, 5) is 19.7. The molecule has 21 heavy (non-hydrogen) atoms. The van der Waals surface area contributed by atoms with Gasteiger partial charge in [-0.25, -0.2) is 4.79 Å². The third kappa shape index (κ3) is 3.76. The van der Waals surface area contributed by atoms with Crippen molar-refractivity contribution in [3.05, 3.63) is 4.88 Å². The van der Waals surface area contributed by atoms with E-state index in [4.69, 9.17) is 10.00 Å². The van der Waals surface area contributed by atoms with E-state index in [1.165, 1.54) is 0 Å². The smallest absolute Gasteiger partial charge is 0.410 e. The van der Waals surface area contributed by atoms with Gasteiger partial charge >= 0.3 is 6.09 Å². The lowest BCUT2D eigenvalue weighted by Gasteiger charge is -2.35. The number of thiazole rings is 1. The summed E-state index contributed by atoms with van der Waals surface area (Å²) in [5, 5.41) is 18.9. The molecule has 0 unspecified atom stereocenters. The predicted molar refractivity (Wildman–Crippen MR) is 78.5 cm³/mol. The summed E-state index contributed by atoms with van der Waals surface area (Å²) in [7, 11) is 0. The fraction of sp³-hybridized carbons (Fsp3) is 0.615. The molecule has 2 heterocycles. The fourth-order valence-electron chi connectivity index (χ4n) is 1.92. The van der Waals surface area contributed by atoms with Crippen LogP contribution in [0.4, 0.5) is 9.93 Å². The maximum atomic E-state index is 12.0. The molecule has 8 heteroatoms. The van der Waals surface area contributed by atoms with Gasteiger partial charge in [-0.15, -0.1) is 0 Å². The molecule has 0 spiro atoms. The highest BCUT2D eigenvalue weighted by atomic mass is 32.1. The Morgan fingerprint density at radius 1 is 1.38 bits per heavy atom. The Morgan fingerprint density at radius 2 is 2.00 bits per heavy atom. The number of hydrogen-bond acceptors (Lipinski definition) is 7. The molecule has 114 valence electrons. The van der Waals surface area contributed by atoms with E-state index in [0.717, 1.165) is 11.3 Å². The Bertz CT molecular complexity index is 565. The van der Waals surface area contributed by atoms with Gasteiger partial charge in [0, 0.05) is 26.2 Å². The molecule has 1 saturated heterocycles. The zero-order chi connectivity index (χ0) is 15.6. The molecule has 0 saturated carbocycles. The number of anilines is 1. The van der Waals surface area contributed by atoms with Crippen LogP contribution in [0.25, 0.3) is 0 Å². The molecule has 1 aliphatic rings. The van der Waals surface area contributed by atoms with Crippen LogP contribution in [0.15, 0.2) is 0 Å². The average Bonchev–Trinajstić information content (AvgIpc) is 2.78. The standard InChI is InChI=1S/C13H18N4O3S/c1-13(2,3)20-12(19)17-6-4-16(5-7-17)11-15-10(18)9(8-14)21-11/h18H,4-7H2,1-3H3. The molecule has 1 aliphatic heterocycles. The van der Waals surface area contributed by atoms with Crippen LogP contribution in [0.2, 0.25) is 0 Å². The monoisotopic (exact) mass is 310 g/mol. The van der Waals surface area contributed by atoms with E-state index in [2.05, 4.69) is 4.98 Å². The summed E-state index contributed by atoms with van der Waals surface area (Å²) in [5.74, 6) is -0.230. The number of carbonyl (C=O) groups excluding carboxylic acids is 1. The first-order valence-electron chi connectivity index (χ1n) is 6.63. The van der Waals surface area contributed by atoms with Crippen LogP contribution in [-0.2, 0) is 4.74 Å². The highest BCUT2D eigenvalue weighted by Crippen LogP contribution is 2.30. The summed E-state index contributed by atoms with van der Waals surface area (Å²) in [6, 6.07) is 1.90. The van der Waals surface area contributed by atoms with Gasteiger partial charge in [0.2, 0.25) is 5.88 Å². The van der Waals surface area contributed by atoms with Crippen molar-refractivity contribution in [2.75, 3.05) is 31.1 Å². The quantitative estimate of drug-likeness (QED) is 0.850. The van der Waals surface area contributed by atoms with Crippen LogP contribution in [0.1, 0.15) is 25.6 Å². The highest BCUT2D eigenvalue weighted by Gasteiger charge is 2.27. The number of nitriles is 1. The summed E-state index contributed by atoms with van der Waals surface area (Å²) in [6.45, 7) is 7.75. The maximum Gasteiger partial charge on any atom is 0.410 e. The zero-order valence-corrected chi connectivity index (χ0v) is 13.1. The van der Waals surface area contributed by atoms with E-state index in [-0.39, 0.29) is 16.9 Å². The van der Waals surface area contributed by atoms with Gasteiger partial charge in [-0.1, -0.05) is 11.3 Å². The first kappa shape index (κ1) is 15.4. The normalized spacial score (nSPS) is 15.7. The van der Waals surface area contributed by atoms with Gasteiger partial charge in [-0.2, -0.15) is 10.2 Å². The molecular weight excluding hydrogens is 292 g/mol. The second kappa shape index (κ2) is 5.77. The minimum absolute atomic E-state index is 0.208. The lowest BCUT2D eigenvalue weighted by molar-refractivity contribution is 0.0240. The number of amides is 1. The first-order chi connectivity index (χ1) is 9.80. The van der Waals surface area contributed by atoms with Gasteiger partial charge in [0.15, 0.2) is 10.0 Å². The van der Waals surface area contributed by atoms with Crippen molar-refractivity contribution in [3.8, 4) is 11.9 Å². The Kier molecular flexibility index (Phi) is 4.23. The van der Waals surface area contributed by atoms with Gasteiger partial charge in [-0.05, 0) is 20.8 Å². The molecule has 7 nitrogen and oxygen atoms in total. The van der Waals surface area contributed by atoms with Crippen molar-refractivity contribution in [1.29, 1.82) is 5.26 Å². The Balaban J connectivity index is 1.94. The molecule has 0 aromatic carbocycles. The fourth-order valence-corrected chi connectivity index (χ4v) is 2.72. The Labute approximate surface area is 127 Å². The minimum atomic E-state index is -0.503. The van der Waals surface area contributed by atoms with E-state index in [0.29, 0.717) is 31.3 Å². The summed E-state index contributed by atoms with van der Waals surface area (Å²) in [5.41, 5.74) is -0.503. The van der Waals surface area contributed by atoms with Crippen LogP contribution >= 0.6 is 11.3 Å². The molecule has 0 aliphatic carbocycles. The van der Waals surface area contributed by atoms with Crippen molar-refractivity contribution in [2.45, 2.75) is 26.4 Å². The average molecular weight is 310 g/mol. The Morgan fingerprint density at radius 3 is 2.48 bits per heavy atom. The SMILES string of the molecule is CC(C)(C)OC(=O)N1CCN(c2nc(O)c(C#N)s2)CC1. The molecule has 0 bridgehead atoms. The van der Waals surface area contributed by atoms with Gasteiger partial charge < -0.3 is 19.6 Å². The van der Waals surface area contributed by atoms with Crippen LogP contribution in [-0.4, -0.2) is 52.9 Å². The number of piperazine rings is 1. The first-order valence-corrected chi connectivity index (χ1v) is 7.44. The number of hydrogen-bond donors (Lipinski definition) is 1. The molecule has 0 atom stereocenters. The largest absolute Gasteiger partial charge is 0.492 e. The van der Waals surface area contributed by atoms with Crippen molar-refractivity contribution in [2.24, 2.45) is 0 Å². The van der Waals surface area contributed by atoms with Gasteiger partial charge in [0.1, 0.15) is 11.7 Å². The highest BCUT2D eigenvalue weighted by molar-refractivity contribution is 7.16. The third-order valence-electron chi connectivity index (χ3n) is 2.90. The lowest BCUT2D eigenvalue weighted by atomic mass is 10.2. The molecule has 1 aromatic rings. The molecule has 1 fully saturated rings. The molecule has 2 rings (SSSR count). The van der Waals surface area contributed by atoms with Crippen LogP contribution in [0.3, 0.4) is 0 Å². The summed E-state index contributed by atoms with van der Waals surface area (Å²) < 4.78 is 5.33. The van der Waals surface area contributed by atoms with E-state index in [1.807, 2.05) is 31.7 Å². The van der Waals surface area contributed by atoms with Crippen LogP contribution in [0.5, 0.6) is 5.88 Å². The lowest BCUT2D eigenvalue weighted by Crippen LogP contribution is -2.50. The van der Waals surface area contributed by atoms with Crippen molar-refractivity contribution in [3.63, 3.8) is 0 Å². The van der Waals surface area contributed by atoms with E-state index < -0.39 is 5.60 Å². The second-order valence-corrected chi connectivity index (χ2v) is 6.69. The molecule has 1 amide bonds. The third-order valence-corrected chi connectivity index (χ3v) is 3.91. The zero-order valence-electron chi connectivity index (χ0n) is 12.3. The second-order valence-electron chi connectivity index (χ2n) is 5.72. The molecule has 0 radical (unpaired) electrons. The summed E-state index contributed by atoms with van der Waals surface area (Å²) in [6.07, 6.45) is -0.318. The van der Waals surface area contributed by atoms with E-state index >= 15 is 0 Å².